The van der Waals surface area contributed by atoms with Gasteiger partial charge in [-0.1, -0.05) is 12.1 Å². The quantitative estimate of drug-likeness (QED) is 0.310. The molecule has 1 aliphatic carbocycles. The Morgan fingerprint density at radius 3 is 2.57 bits per heavy atom. The highest BCUT2D eigenvalue weighted by Gasteiger charge is 2.28. The van der Waals surface area contributed by atoms with Gasteiger partial charge in [0.15, 0.2) is 4.90 Å². The average Bonchev–Trinajstić information content (AvgIpc) is 3.13. The molecule has 2 heterocycles. The number of nitrogens with one attached hydrogen (secondary N) is 1. The van der Waals surface area contributed by atoms with Crippen molar-refractivity contribution in [2.75, 3.05) is 16.8 Å². The van der Waals surface area contributed by atoms with Crippen LogP contribution in [-0.4, -0.2) is 42.0 Å². The fraction of sp³-hybridized carbons (Fsp3) is 0.333. The number of benzene rings is 2. The predicted octanol–water partition coefficient (Wildman–Crippen LogP) is 5.11. The third-order valence-electron chi connectivity index (χ3n) is 6.52. The summed E-state index contributed by atoms with van der Waals surface area (Å²) in [5.41, 5.74) is 11.0. The number of amides is 1. The minimum absolute atomic E-state index is 0.194. The molecule has 5 rings (SSSR count). The summed E-state index contributed by atoms with van der Waals surface area (Å²) in [4.78, 5) is 24.8. The highest BCUT2D eigenvalue weighted by molar-refractivity contribution is 7.91. The summed E-state index contributed by atoms with van der Waals surface area (Å²) in [5.74, 6) is 1.06. The zero-order valence-electron chi connectivity index (χ0n) is 20.9. The van der Waals surface area contributed by atoms with Gasteiger partial charge in [-0.05, 0) is 68.6 Å². The lowest BCUT2D eigenvalue weighted by atomic mass is 9.92. The van der Waals surface area contributed by atoms with Crippen LogP contribution in [0.3, 0.4) is 0 Å². The monoisotopic (exact) mass is 518 g/mol. The second-order valence-corrected chi connectivity index (χ2v) is 11.0. The Balaban J connectivity index is 1.45. The third-order valence-corrected chi connectivity index (χ3v) is 7.88. The zero-order chi connectivity index (χ0) is 25.9. The summed E-state index contributed by atoms with van der Waals surface area (Å²) in [6.07, 6.45) is 6.05. The largest absolute Gasteiger partial charge is 0.611 e. The van der Waals surface area contributed by atoms with E-state index < -0.39 is 17.3 Å². The molecule has 2 aromatic heterocycles. The normalized spacial score (nSPS) is 14.5. The number of anilines is 2. The highest BCUT2D eigenvalue weighted by atomic mass is 32.2. The zero-order valence-corrected chi connectivity index (χ0v) is 21.7. The fourth-order valence-electron chi connectivity index (χ4n) is 4.54. The molecule has 2 aromatic carbocycles. The van der Waals surface area contributed by atoms with E-state index in [2.05, 4.69) is 24.8 Å². The van der Waals surface area contributed by atoms with Gasteiger partial charge in [-0.2, -0.15) is 0 Å². The van der Waals surface area contributed by atoms with Crippen molar-refractivity contribution in [2.24, 2.45) is 0 Å². The number of hydrogen-bond acceptors (Lipinski definition) is 7. The molecular formula is C27H30N6O3S. The standard InChI is InChI=1S/C27H30N6O3S/c1-17(2)36-27(34)32-19-8-6-18(7-9-19)26-25(28)22-11-10-21(14-23(22)33(26)20-4-3-5-20)37(35)13-12-24-30-15-29-16-31-24/h6-11,14-17,20H,3-5,12-13,28H2,1-2H3,(H,32,34). The number of hydrogen-bond donors (Lipinski definition) is 2. The molecule has 10 heteroatoms. The molecule has 3 N–H and O–H groups in total. The summed E-state index contributed by atoms with van der Waals surface area (Å²) >= 11 is -1.21. The van der Waals surface area contributed by atoms with E-state index in [1.54, 1.807) is 13.8 Å². The number of nitrogens with zero attached hydrogens (tertiary/aromatic N) is 4. The molecule has 1 unspecified atom stereocenters. The first-order valence-electron chi connectivity index (χ1n) is 12.4. The Bertz CT molecular complexity index is 1390. The molecule has 0 aliphatic heterocycles. The van der Waals surface area contributed by atoms with E-state index in [0.29, 0.717) is 35.4 Å². The number of ether oxygens (including phenoxy) is 1. The van der Waals surface area contributed by atoms with Crippen molar-refractivity contribution < 1.29 is 14.1 Å². The van der Waals surface area contributed by atoms with Gasteiger partial charge in [0.05, 0.1) is 29.4 Å². The molecular weight excluding hydrogens is 488 g/mol. The number of nitrogens with two attached hydrogens (primary N) is 1. The molecule has 37 heavy (non-hydrogen) atoms. The number of rotatable bonds is 8. The van der Waals surface area contributed by atoms with Crippen LogP contribution in [0.2, 0.25) is 0 Å². The lowest BCUT2D eigenvalue weighted by Crippen LogP contribution is -2.18. The molecule has 1 amide bonds. The van der Waals surface area contributed by atoms with E-state index in [9.17, 15) is 9.35 Å². The molecule has 1 aliphatic rings. The Morgan fingerprint density at radius 2 is 1.92 bits per heavy atom. The number of nitrogen functional groups attached to an aromatic ring is 1. The van der Waals surface area contributed by atoms with Gasteiger partial charge in [0.25, 0.3) is 0 Å². The maximum absolute atomic E-state index is 13.1. The van der Waals surface area contributed by atoms with Gasteiger partial charge in [-0.15, -0.1) is 0 Å². The van der Waals surface area contributed by atoms with Crippen molar-refractivity contribution in [2.45, 2.75) is 56.6 Å². The van der Waals surface area contributed by atoms with E-state index in [-0.39, 0.29) is 6.10 Å². The lowest BCUT2D eigenvalue weighted by Gasteiger charge is -2.30. The van der Waals surface area contributed by atoms with Crippen LogP contribution in [0.15, 0.2) is 60.0 Å². The Labute approximate surface area is 218 Å². The number of carbonyl (C=O) groups is 1. The number of aryl methyl sites for hydroxylation is 1. The minimum Gasteiger partial charge on any atom is -0.611 e. The molecule has 4 aromatic rings. The second-order valence-electron chi connectivity index (χ2n) is 9.41. The van der Waals surface area contributed by atoms with E-state index in [4.69, 9.17) is 10.5 Å². The van der Waals surface area contributed by atoms with Crippen LogP contribution in [0.1, 0.15) is 45.0 Å². The first-order chi connectivity index (χ1) is 17.9. The summed E-state index contributed by atoms with van der Waals surface area (Å²) in [6, 6.07) is 13.8. The third kappa shape index (κ3) is 5.40. The van der Waals surface area contributed by atoms with Crippen LogP contribution in [0.25, 0.3) is 22.2 Å². The highest BCUT2D eigenvalue weighted by Crippen LogP contribution is 2.44. The van der Waals surface area contributed by atoms with Gasteiger partial charge in [0.2, 0.25) is 0 Å². The van der Waals surface area contributed by atoms with Crippen LogP contribution in [-0.2, 0) is 22.3 Å². The van der Waals surface area contributed by atoms with Crippen LogP contribution in [0, 0.1) is 0 Å². The lowest BCUT2D eigenvalue weighted by molar-refractivity contribution is 0.130. The Kier molecular flexibility index (Phi) is 7.29. The molecule has 0 radical (unpaired) electrons. The molecule has 1 fully saturated rings. The summed E-state index contributed by atoms with van der Waals surface area (Å²) in [6.45, 7) is 3.61. The first-order valence-corrected chi connectivity index (χ1v) is 13.7. The maximum atomic E-state index is 13.1. The van der Waals surface area contributed by atoms with E-state index in [1.165, 1.54) is 19.1 Å². The summed E-state index contributed by atoms with van der Waals surface area (Å²) < 4.78 is 20.6. The Morgan fingerprint density at radius 1 is 1.19 bits per heavy atom. The van der Waals surface area contributed by atoms with Crippen molar-refractivity contribution in [3.8, 4) is 11.3 Å². The van der Waals surface area contributed by atoms with Crippen molar-refractivity contribution in [1.29, 1.82) is 0 Å². The summed E-state index contributed by atoms with van der Waals surface area (Å²) in [7, 11) is 0. The van der Waals surface area contributed by atoms with Gasteiger partial charge >= 0.3 is 6.09 Å². The second kappa shape index (κ2) is 10.8. The van der Waals surface area contributed by atoms with Crippen LogP contribution >= 0.6 is 0 Å². The molecule has 0 spiro atoms. The number of aromatic nitrogens is 4. The number of carbonyl (C=O) groups excluding carboxylic acids is 1. The van der Waals surface area contributed by atoms with Crippen LogP contribution < -0.4 is 11.1 Å². The molecule has 9 nitrogen and oxygen atoms in total. The molecule has 192 valence electrons. The van der Waals surface area contributed by atoms with E-state index >= 15 is 0 Å². The van der Waals surface area contributed by atoms with Crippen molar-refractivity contribution in [1.82, 2.24) is 19.5 Å². The topological polar surface area (TPSA) is 131 Å². The Hall–Kier alpha value is -3.63. The molecule has 0 saturated heterocycles. The number of fused-ring (bicyclic) bond motifs is 1. The summed E-state index contributed by atoms with van der Waals surface area (Å²) in [5, 5.41) is 3.70. The molecule has 1 atom stereocenters. The van der Waals surface area contributed by atoms with E-state index in [1.807, 2.05) is 42.5 Å². The first kappa shape index (κ1) is 25.0. The van der Waals surface area contributed by atoms with Gasteiger partial charge in [-0.3, -0.25) is 5.32 Å². The van der Waals surface area contributed by atoms with Crippen molar-refractivity contribution in [3.05, 3.63) is 60.9 Å². The van der Waals surface area contributed by atoms with E-state index in [0.717, 1.165) is 39.9 Å². The molecule has 0 bridgehead atoms. The van der Waals surface area contributed by atoms with Gasteiger partial charge in [-0.25, -0.2) is 19.7 Å². The van der Waals surface area contributed by atoms with Gasteiger partial charge < -0.3 is 19.6 Å². The van der Waals surface area contributed by atoms with Crippen LogP contribution in [0.4, 0.5) is 16.2 Å². The van der Waals surface area contributed by atoms with Gasteiger partial charge in [0.1, 0.15) is 24.2 Å². The fourth-order valence-corrected chi connectivity index (χ4v) is 5.61. The predicted molar refractivity (Wildman–Crippen MR) is 145 cm³/mol. The van der Waals surface area contributed by atoms with Crippen molar-refractivity contribution in [3.63, 3.8) is 0 Å². The van der Waals surface area contributed by atoms with Crippen molar-refractivity contribution >= 4 is 39.5 Å². The SMILES string of the molecule is CC(C)OC(=O)Nc1ccc(-c2c(N)c3ccc([S+]([O-])CCc4ncncn4)cc3n2C2CCC2)cc1. The van der Waals surface area contributed by atoms with Gasteiger partial charge in [0, 0.05) is 28.7 Å². The smallest absolute Gasteiger partial charge is 0.411 e. The van der Waals surface area contributed by atoms with Crippen LogP contribution in [0.5, 0.6) is 0 Å². The average molecular weight is 519 g/mol. The maximum Gasteiger partial charge on any atom is 0.411 e. The molecule has 1 saturated carbocycles. The minimum atomic E-state index is -1.21.